The minimum absolute atomic E-state index is 0.0780. The molecule has 114 valence electrons. The standard InChI is InChI=1S/C15H24N6/c1-15(2,3)14-19-12(16-4)10-13(20-14)17-8-6-11-7-9-18-21(11)5/h7,9-10H,6,8H2,1-5H3,(H2,16,17,19,20). The Balaban J connectivity index is 2.07. The number of aromatic nitrogens is 4. The van der Waals surface area contributed by atoms with E-state index >= 15 is 0 Å². The topological polar surface area (TPSA) is 67.7 Å². The maximum absolute atomic E-state index is 4.61. The van der Waals surface area contributed by atoms with Crippen molar-refractivity contribution >= 4 is 11.6 Å². The van der Waals surface area contributed by atoms with Gasteiger partial charge in [0.15, 0.2) is 0 Å². The SMILES string of the molecule is CNc1cc(NCCc2ccnn2C)nc(C(C)(C)C)n1. The van der Waals surface area contributed by atoms with Crippen molar-refractivity contribution < 1.29 is 0 Å². The second kappa shape index (κ2) is 6.11. The van der Waals surface area contributed by atoms with E-state index < -0.39 is 0 Å². The molecule has 0 saturated heterocycles. The molecule has 2 heterocycles. The Hall–Kier alpha value is -2.11. The second-order valence-electron chi connectivity index (χ2n) is 6.08. The van der Waals surface area contributed by atoms with Crippen LogP contribution < -0.4 is 10.6 Å². The maximum Gasteiger partial charge on any atom is 0.138 e. The van der Waals surface area contributed by atoms with Gasteiger partial charge in [0.2, 0.25) is 0 Å². The first-order valence-electron chi connectivity index (χ1n) is 7.18. The van der Waals surface area contributed by atoms with E-state index in [4.69, 9.17) is 0 Å². The van der Waals surface area contributed by atoms with E-state index in [0.717, 1.165) is 30.4 Å². The van der Waals surface area contributed by atoms with Gasteiger partial charge >= 0.3 is 0 Å². The zero-order valence-corrected chi connectivity index (χ0v) is 13.4. The molecule has 21 heavy (non-hydrogen) atoms. The van der Waals surface area contributed by atoms with Gasteiger partial charge in [-0.05, 0) is 6.07 Å². The van der Waals surface area contributed by atoms with Crippen LogP contribution in [0.2, 0.25) is 0 Å². The van der Waals surface area contributed by atoms with Crippen molar-refractivity contribution in [1.29, 1.82) is 0 Å². The number of hydrogen-bond donors (Lipinski definition) is 2. The van der Waals surface area contributed by atoms with Crippen LogP contribution >= 0.6 is 0 Å². The number of hydrogen-bond acceptors (Lipinski definition) is 5. The second-order valence-corrected chi connectivity index (χ2v) is 6.08. The first kappa shape index (κ1) is 15.3. The van der Waals surface area contributed by atoms with Crippen molar-refractivity contribution in [3.05, 3.63) is 29.8 Å². The molecule has 0 aromatic carbocycles. The Labute approximate surface area is 126 Å². The van der Waals surface area contributed by atoms with Crippen LogP contribution in [-0.2, 0) is 18.9 Å². The molecule has 0 saturated carbocycles. The molecule has 0 amide bonds. The molecule has 0 aliphatic rings. The van der Waals surface area contributed by atoms with Gasteiger partial charge in [-0.25, -0.2) is 9.97 Å². The number of nitrogens with one attached hydrogen (secondary N) is 2. The predicted molar refractivity (Wildman–Crippen MR) is 85.7 cm³/mol. The molecule has 2 aromatic rings. The van der Waals surface area contributed by atoms with E-state index in [1.807, 2.05) is 37.1 Å². The van der Waals surface area contributed by atoms with Crippen LogP contribution in [0, 0.1) is 0 Å². The molecule has 2 N–H and O–H groups in total. The quantitative estimate of drug-likeness (QED) is 0.883. The third-order valence-electron chi connectivity index (χ3n) is 3.26. The maximum atomic E-state index is 4.61. The van der Waals surface area contributed by atoms with Crippen molar-refractivity contribution in [3.8, 4) is 0 Å². The average Bonchev–Trinajstić information content (AvgIpc) is 2.83. The summed E-state index contributed by atoms with van der Waals surface area (Å²) in [6.07, 6.45) is 2.72. The molecule has 0 bridgehead atoms. The Morgan fingerprint density at radius 2 is 1.90 bits per heavy atom. The van der Waals surface area contributed by atoms with Crippen molar-refractivity contribution in [1.82, 2.24) is 19.7 Å². The highest BCUT2D eigenvalue weighted by Crippen LogP contribution is 2.22. The lowest BCUT2D eigenvalue weighted by atomic mass is 9.96. The largest absolute Gasteiger partial charge is 0.373 e. The van der Waals surface area contributed by atoms with Gasteiger partial charge in [0.25, 0.3) is 0 Å². The number of aryl methyl sites for hydroxylation is 1. The summed E-state index contributed by atoms with van der Waals surface area (Å²) in [6.45, 7) is 7.15. The summed E-state index contributed by atoms with van der Waals surface area (Å²) >= 11 is 0. The summed E-state index contributed by atoms with van der Waals surface area (Å²) in [5, 5.41) is 10.6. The molecule has 0 aliphatic carbocycles. The van der Waals surface area contributed by atoms with E-state index in [9.17, 15) is 0 Å². The Morgan fingerprint density at radius 1 is 1.19 bits per heavy atom. The first-order chi connectivity index (χ1) is 9.90. The van der Waals surface area contributed by atoms with E-state index in [2.05, 4.69) is 46.5 Å². The monoisotopic (exact) mass is 288 g/mol. The summed E-state index contributed by atoms with van der Waals surface area (Å²) in [4.78, 5) is 9.13. The van der Waals surface area contributed by atoms with Crippen molar-refractivity contribution in [3.63, 3.8) is 0 Å². The van der Waals surface area contributed by atoms with Gasteiger partial charge in [-0.1, -0.05) is 20.8 Å². The lowest BCUT2D eigenvalue weighted by molar-refractivity contribution is 0.546. The van der Waals surface area contributed by atoms with Crippen molar-refractivity contribution in [2.24, 2.45) is 7.05 Å². The van der Waals surface area contributed by atoms with Crippen LogP contribution in [0.25, 0.3) is 0 Å². The van der Waals surface area contributed by atoms with E-state index in [1.54, 1.807) is 0 Å². The molecule has 0 aliphatic heterocycles. The molecule has 2 rings (SSSR count). The highest BCUT2D eigenvalue weighted by Gasteiger charge is 2.18. The molecule has 0 unspecified atom stereocenters. The molecule has 6 nitrogen and oxygen atoms in total. The predicted octanol–water partition coefficient (Wildman–Crippen LogP) is 2.20. The molecule has 2 aromatic heterocycles. The zero-order chi connectivity index (χ0) is 15.5. The Kier molecular flexibility index (Phi) is 4.45. The van der Waals surface area contributed by atoms with E-state index in [-0.39, 0.29) is 5.41 Å². The Morgan fingerprint density at radius 3 is 2.48 bits per heavy atom. The normalized spacial score (nSPS) is 11.5. The fraction of sp³-hybridized carbons (Fsp3) is 0.533. The number of rotatable bonds is 5. The van der Waals surface area contributed by atoms with Crippen LogP contribution in [0.1, 0.15) is 32.3 Å². The average molecular weight is 288 g/mol. The molecule has 0 radical (unpaired) electrons. The molecule has 0 spiro atoms. The van der Waals surface area contributed by atoms with Gasteiger partial charge in [-0.15, -0.1) is 0 Å². The van der Waals surface area contributed by atoms with Crippen LogP contribution in [-0.4, -0.2) is 33.3 Å². The number of nitrogens with zero attached hydrogens (tertiary/aromatic N) is 4. The first-order valence-corrected chi connectivity index (χ1v) is 7.18. The lowest BCUT2D eigenvalue weighted by Crippen LogP contribution is -2.19. The molecule has 6 heteroatoms. The summed E-state index contributed by atoms with van der Waals surface area (Å²) < 4.78 is 1.89. The third kappa shape index (κ3) is 3.93. The minimum Gasteiger partial charge on any atom is -0.373 e. The highest BCUT2D eigenvalue weighted by molar-refractivity contribution is 5.47. The van der Waals surface area contributed by atoms with Gasteiger partial charge in [0, 0.05) is 50.4 Å². The molecular formula is C15H24N6. The summed E-state index contributed by atoms with van der Waals surface area (Å²) in [6, 6.07) is 3.96. The lowest BCUT2D eigenvalue weighted by Gasteiger charge is -2.18. The van der Waals surface area contributed by atoms with Crippen LogP contribution in [0.5, 0.6) is 0 Å². The fourth-order valence-electron chi connectivity index (χ4n) is 1.97. The fourth-order valence-corrected chi connectivity index (χ4v) is 1.97. The smallest absolute Gasteiger partial charge is 0.138 e. The van der Waals surface area contributed by atoms with Gasteiger partial charge in [0.05, 0.1) is 0 Å². The summed E-state index contributed by atoms with van der Waals surface area (Å²) in [7, 11) is 3.82. The van der Waals surface area contributed by atoms with E-state index in [0.29, 0.717) is 0 Å². The van der Waals surface area contributed by atoms with Crippen LogP contribution in [0.15, 0.2) is 18.3 Å². The van der Waals surface area contributed by atoms with Gasteiger partial charge in [0.1, 0.15) is 17.5 Å². The van der Waals surface area contributed by atoms with Crippen LogP contribution in [0.3, 0.4) is 0 Å². The van der Waals surface area contributed by atoms with E-state index in [1.165, 1.54) is 5.69 Å². The molecule has 0 fully saturated rings. The minimum atomic E-state index is -0.0780. The van der Waals surface area contributed by atoms with Gasteiger partial charge in [-0.2, -0.15) is 5.10 Å². The molecule has 0 atom stereocenters. The molecular weight excluding hydrogens is 264 g/mol. The summed E-state index contributed by atoms with van der Waals surface area (Å²) in [5.41, 5.74) is 1.12. The van der Waals surface area contributed by atoms with Gasteiger partial charge < -0.3 is 10.6 Å². The third-order valence-corrected chi connectivity index (χ3v) is 3.26. The van der Waals surface area contributed by atoms with Crippen LogP contribution in [0.4, 0.5) is 11.6 Å². The highest BCUT2D eigenvalue weighted by atomic mass is 15.3. The Bertz CT molecular complexity index is 596. The van der Waals surface area contributed by atoms with Crippen molar-refractivity contribution in [2.75, 3.05) is 24.2 Å². The van der Waals surface area contributed by atoms with Gasteiger partial charge in [-0.3, -0.25) is 4.68 Å². The summed E-state index contributed by atoms with van der Waals surface area (Å²) in [5.74, 6) is 2.51. The van der Waals surface area contributed by atoms with Crippen molar-refractivity contribution in [2.45, 2.75) is 32.6 Å². The zero-order valence-electron chi connectivity index (χ0n) is 13.4. The number of anilines is 2.